The maximum atomic E-state index is 6.19. The van der Waals surface area contributed by atoms with Crippen molar-refractivity contribution in [2.75, 3.05) is 5.75 Å². The predicted octanol–water partition coefficient (Wildman–Crippen LogP) is 3.71. The van der Waals surface area contributed by atoms with Crippen molar-refractivity contribution in [3.05, 3.63) is 39.8 Å². The number of thioether (sulfide) groups is 1. The first-order valence-electron chi connectivity index (χ1n) is 6.95. The molecule has 1 aliphatic carbocycles. The summed E-state index contributed by atoms with van der Waals surface area (Å²) < 4.78 is 6.12. The zero-order valence-corrected chi connectivity index (χ0v) is 12.7. The monoisotopic (exact) mass is 304 g/mol. The molecule has 2 unspecified atom stereocenters. The van der Waals surface area contributed by atoms with Crippen LogP contribution in [0, 0.1) is 0 Å². The Hall–Kier alpha value is -1.04. The van der Waals surface area contributed by atoms with Gasteiger partial charge < -0.3 is 10.5 Å². The Bertz CT molecular complexity index is 641. The van der Waals surface area contributed by atoms with Crippen molar-refractivity contribution in [1.82, 2.24) is 4.98 Å². The minimum atomic E-state index is 0.0673. The molecule has 0 saturated heterocycles. The Kier molecular flexibility index (Phi) is 3.21. The van der Waals surface area contributed by atoms with E-state index in [0.29, 0.717) is 0 Å². The third-order valence-corrected chi connectivity index (χ3v) is 6.23. The number of fused-ring (bicyclic) bond motifs is 2. The molecule has 5 heteroatoms. The quantitative estimate of drug-likeness (QED) is 0.872. The van der Waals surface area contributed by atoms with Gasteiger partial charge in [0.25, 0.3) is 0 Å². The molecule has 0 amide bonds. The van der Waals surface area contributed by atoms with Gasteiger partial charge in [-0.3, -0.25) is 0 Å². The Labute approximate surface area is 126 Å². The van der Waals surface area contributed by atoms with E-state index >= 15 is 0 Å². The first kappa shape index (κ1) is 12.7. The minimum Gasteiger partial charge on any atom is -0.481 e. The summed E-state index contributed by atoms with van der Waals surface area (Å²) in [5.74, 6) is 1.91. The normalized spacial score (nSPS) is 24.6. The summed E-state index contributed by atoms with van der Waals surface area (Å²) >= 11 is 3.60. The number of hydrogen-bond donors (Lipinski definition) is 1. The molecule has 0 fully saturated rings. The molecule has 1 aliphatic heterocycles. The molecule has 2 aromatic rings. The molecule has 3 nitrogen and oxygen atoms in total. The second kappa shape index (κ2) is 5.06. The summed E-state index contributed by atoms with van der Waals surface area (Å²) in [6.07, 6.45) is 3.37. The van der Waals surface area contributed by atoms with Crippen LogP contribution < -0.4 is 10.5 Å². The molecule has 0 saturated carbocycles. The molecular weight excluding hydrogens is 288 g/mol. The van der Waals surface area contributed by atoms with Crippen molar-refractivity contribution in [2.45, 2.75) is 36.3 Å². The fourth-order valence-corrected chi connectivity index (χ4v) is 5.03. The Balaban J connectivity index is 1.63. The van der Waals surface area contributed by atoms with Gasteiger partial charge in [-0.05, 0) is 31.4 Å². The van der Waals surface area contributed by atoms with E-state index in [-0.39, 0.29) is 12.1 Å². The SMILES string of the molecule is NC1CCCc2nc(C3CSc4ccccc4O3)sc21. The number of nitrogens with zero attached hydrogens (tertiary/aromatic N) is 1. The standard InChI is InChI=1S/C15H16N2OS2/c16-9-4-3-5-10-14(9)20-15(17-10)12-8-19-13-7-2-1-6-11(13)18-12/h1-2,6-7,9,12H,3-5,8,16H2. The molecule has 20 heavy (non-hydrogen) atoms. The highest BCUT2D eigenvalue weighted by atomic mass is 32.2. The average Bonchev–Trinajstić information content (AvgIpc) is 2.92. The molecule has 2 atom stereocenters. The van der Waals surface area contributed by atoms with E-state index in [1.165, 1.54) is 15.5 Å². The van der Waals surface area contributed by atoms with Crippen LogP contribution in [0.2, 0.25) is 0 Å². The lowest BCUT2D eigenvalue weighted by molar-refractivity contribution is 0.219. The summed E-state index contributed by atoms with van der Waals surface area (Å²) in [4.78, 5) is 7.30. The van der Waals surface area contributed by atoms with Crippen LogP contribution in [0.15, 0.2) is 29.2 Å². The minimum absolute atomic E-state index is 0.0673. The van der Waals surface area contributed by atoms with Crippen molar-refractivity contribution in [3.8, 4) is 5.75 Å². The molecule has 4 rings (SSSR count). The Morgan fingerprint density at radius 3 is 3.10 bits per heavy atom. The summed E-state index contributed by atoms with van der Waals surface area (Å²) in [5, 5.41) is 1.09. The fraction of sp³-hybridized carbons (Fsp3) is 0.400. The van der Waals surface area contributed by atoms with Gasteiger partial charge in [-0.1, -0.05) is 12.1 Å². The second-order valence-corrected chi connectivity index (χ2v) is 7.35. The number of aryl methyl sites for hydroxylation is 1. The summed E-state index contributed by atoms with van der Waals surface area (Å²) in [6.45, 7) is 0. The van der Waals surface area contributed by atoms with E-state index in [4.69, 9.17) is 15.5 Å². The van der Waals surface area contributed by atoms with Gasteiger partial charge >= 0.3 is 0 Å². The number of para-hydroxylation sites is 1. The van der Waals surface area contributed by atoms with Crippen LogP contribution >= 0.6 is 23.1 Å². The van der Waals surface area contributed by atoms with Gasteiger partial charge in [-0.15, -0.1) is 23.1 Å². The van der Waals surface area contributed by atoms with Gasteiger partial charge in [-0.2, -0.15) is 0 Å². The highest BCUT2D eigenvalue weighted by Crippen LogP contribution is 2.43. The molecule has 104 valence electrons. The molecule has 1 aromatic carbocycles. The summed E-state index contributed by atoms with van der Waals surface area (Å²) in [7, 11) is 0. The summed E-state index contributed by atoms with van der Waals surface area (Å²) in [5.41, 5.74) is 7.39. The molecule has 0 radical (unpaired) electrons. The molecule has 2 N–H and O–H groups in total. The number of ether oxygens (including phenoxy) is 1. The lowest BCUT2D eigenvalue weighted by atomic mass is 9.99. The number of benzene rings is 1. The molecule has 2 heterocycles. The third kappa shape index (κ3) is 2.14. The molecule has 0 spiro atoms. The fourth-order valence-electron chi connectivity index (χ4n) is 2.75. The average molecular weight is 304 g/mol. The lowest BCUT2D eigenvalue weighted by Gasteiger charge is -2.23. The number of thiazole rings is 1. The number of rotatable bonds is 1. The zero-order chi connectivity index (χ0) is 13.5. The smallest absolute Gasteiger partial charge is 0.159 e. The van der Waals surface area contributed by atoms with Crippen LogP contribution in [0.1, 0.15) is 40.6 Å². The maximum absolute atomic E-state index is 6.19. The van der Waals surface area contributed by atoms with E-state index < -0.39 is 0 Å². The molecular formula is C15H16N2OS2. The van der Waals surface area contributed by atoms with Crippen LogP contribution in [0.4, 0.5) is 0 Å². The van der Waals surface area contributed by atoms with E-state index in [1.54, 1.807) is 11.3 Å². The van der Waals surface area contributed by atoms with E-state index in [2.05, 4.69) is 12.1 Å². The first-order chi connectivity index (χ1) is 9.81. The van der Waals surface area contributed by atoms with Crippen LogP contribution in [-0.4, -0.2) is 10.7 Å². The second-order valence-electron chi connectivity index (χ2n) is 5.23. The highest BCUT2D eigenvalue weighted by Gasteiger charge is 2.28. The third-order valence-electron chi connectivity index (χ3n) is 3.79. The molecule has 1 aromatic heterocycles. The number of aromatic nitrogens is 1. The van der Waals surface area contributed by atoms with Crippen molar-refractivity contribution in [2.24, 2.45) is 5.73 Å². The van der Waals surface area contributed by atoms with Gasteiger partial charge in [0.05, 0.1) is 5.69 Å². The largest absolute Gasteiger partial charge is 0.481 e. The van der Waals surface area contributed by atoms with Crippen molar-refractivity contribution in [1.29, 1.82) is 0 Å². The van der Waals surface area contributed by atoms with E-state index in [9.17, 15) is 0 Å². The van der Waals surface area contributed by atoms with Gasteiger partial charge in [0.2, 0.25) is 0 Å². The van der Waals surface area contributed by atoms with Crippen molar-refractivity contribution >= 4 is 23.1 Å². The van der Waals surface area contributed by atoms with E-state index in [1.807, 2.05) is 23.9 Å². The zero-order valence-electron chi connectivity index (χ0n) is 11.0. The van der Waals surface area contributed by atoms with Gasteiger partial charge in [0.15, 0.2) is 6.10 Å². The van der Waals surface area contributed by atoms with Gasteiger partial charge in [0, 0.05) is 21.6 Å². The Morgan fingerprint density at radius 1 is 1.30 bits per heavy atom. The van der Waals surface area contributed by atoms with Crippen molar-refractivity contribution in [3.63, 3.8) is 0 Å². The van der Waals surface area contributed by atoms with Crippen LogP contribution in [0.3, 0.4) is 0 Å². The van der Waals surface area contributed by atoms with Crippen molar-refractivity contribution < 1.29 is 4.74 Å². The highest BCUT2D eigenvalue weighted by molar-refractivity contribution is 7.99. The molecule has 0 bridgehead atoms. The van der Waals surface area contributed by atoms with E-state index in [0.717, 1.165) is 35.8 Å². The van der Waals surface area contributed by atoms with Crippen LogP contribution in [-0.2, 0) is 6.42 Å². The van der Waals surface area contributed by atoms with Gasteiger partial charge in [0.1, 0.15) is 10.8 Å². The van der Waals surface area contributed by atoms with Gasteiger partial charge in [-0.25, -0.2) is 4.98 Å². The van der Waals surface area contributed by atoms with Crippen LogP contribution in [0.25, 0.3) is 0 Å². The Morgan fingerprint density at radius 2 is 2.20 bits per heavy atom. The molecule has 2 aliphatic rings. The summed E-state index contributed by atoms with van der Waals surface area (Å²) in [6, 6.07) is 8.39. The lowest BCUT2D eigenvalue weighted by Crippen LogP contribution is -2.15. The number of nitrogens with two attached hydrogens (primary N) is 1. The topological polar surface area (TPSA) is 48.1 Å². The predicted molar refractivity (Wildman–Crippen MR) is 82.5 cm³/mol. The maximum Gasteiger partial charge on any atom is 0.159 e. The number of hydrogen-bond acceptors (Lipinski definition) is 5. The van der Waals surface area contributed by atoms with Crippen LogP contribution in [0.5, 0.6) is 5.75 Å². The first-order valence-corrected chi connectivity index (χ1v) is 8.75.